The summed E-state index contributed by atoms with van der Waals surface area (Å²) in [5.74, 6) is 1.31. The predicted octanol–water partition coefficient (Wildman–Crippen LogP) is 3.98. The van der Waals surface area contributed by atoms with E-state index in [0.29, 0.717) is 32.0 Å². The Hall–Kier alpha value is -4.56. The molecule has 4 heterocycles. The number of piperidine rings is 1. The van der Waals surface area contributed by atoms with Gasteiger partial charge in [-0.25, -0.2) is 0 Å². The lowest BCUT2D eigenvalue weighted by molar-refractivity contribution is -0.384. The van der Waals surface area contributed by atoms with E-state index in [-0.39, 0.29) is 21.7 Å². The van der Waals surface area contributed by atoms with Crippen molar-refractivity contribution in [1.29, 1.82) is 5.26 Å². The molecular formula is C31H31N7O3S. The van der Waals surface area contributed by atoms with Gasteiger partial charge >= 0.3 is 0 Å². The van der Waals surface area contributed by atoms with Crippen molar-refractivity contribution in [3.63, 3.8) is 0 Å². The Balaban J connectivity index is 1.57. The van der Waals surface area contributed by atoms with Crippen molar-refractivity contribution in [2.75, 3.05) is 18.0 Å². The molecule has 0 N–H and O–H groups in total. The van der Waals surface area contributed by atoms with Crippen LogP contribution in [0.2, 0.25) is 0 Å². The van der Waals surface area contributed by atoms with Crippen molar-refractivity contribution in [3.05, 3.63) is 94.9 Å². The number of nitro groups is 1. The summed E-state index contributed by atoms with van der Waals surface area (Å²) in [6.45, 7) is 4.25. The summed E-state index contributed by atoms with van der Waals surface area (Å²) in [4.78, 5) is 27.8. The summed E-state index contributed by atoms with van der Waals surface area (Å²) in [6.07, 6.45) is 8.69. The standard InChI is InChI=1S/C31H31N7O3S/c1-21-9-8-10-23(17-21)37-30(39)27(19-22-12-13-25(26(18-22)38(40)41)35-14-5-3-6-15-35)42-31(37)24(20-32)29-34-33-28-11-4-2-7-16-36(28)29/h8-10,12-13,17-19H,2-7,11,14-16H2,1H3/b27-19-,31-24-. The zero-order valence-corrected chi connectivity index (χ0v) is 24.3. The number of rotatable bonds is 5. The minimum Gasteiger partial charge on any atom is -0.366 e. The molecule has 0 unspecified atom stereocenters. The van der Waals surface area contributed by atoms with E-state index in [1.807, 2.05) is 41.8 Å². The summed E-state index contributed by atoms with van der Waals surface area (Å²) < 4.78 is 4.38. The van der Waals surface area contributed by atoms with Crippen LogP contribution in [0.1, 0.15) is 61.3 Å². The van der Waals surface area contributed by atoms with Crippen molar-refractivity contribution in [2.45, 2.75) is 58.4 Å². The molecule has 6 rings (SSSR count). The molecule has 11 heteroatoms. The van der Waals surface area contributed by atoms with E-state index < -0.39 is 0 Å². The normalized spacial score (nSPS) is 16.5. The van der Waals surface area contributed by atoms with E-state index in [9.17, 15) is 20.2 Å². The third kappa shape index (κ3) is 5.25. The van der Waals surface area contributed by atoms with Gasteiger partial charge in [0, 0.05) is 32.1 Å². The topological polar surface area (TPSA) is 123 Å². The number of nitro benzene ring substituents is 1. The van der Waals surface area contributed by atoms with E-state index in [1.165, 1.54) is 17.4 Å². The quantitative estimate of drug-likeness (QED) is 0.258. The molecule has 0 aliphatic carbocycles. The first-order valence-corrected chi connectivity index (χ1v) is 15.2. The minimum absolute atomic E-state index is 0.0249. The highest BCUT2D eigenvalue weighted by Crippen LogP contribution is 2.31. The molecule has 4 aromatic rings. The largest absolute Gasteiger partial charge is 0.366 e. The molecule has 1 fully saturated rings. The van der Waals surface area contributed by atoms with Gasteiger partial charge in [-0.2, -0.15) is 5.26 Å². The highest BCUT2D eigenvalue weighted by molar-refractivity contribution is 7.07. The van der Waals surface area contributed by atoms with Gasteiger partial charge in [-0.15, -0.1) is 21.5 Å². The van der Waals surface area contributed by atoms with Gasteiger partial charge in [0.25, 0.3) is 11.2 Å². The summed E-state index contributed by atoms with van der Waals surface area (Å²) in [6, 6.07) is 15.0. The SMILES string of the molecule is Cc1cccc(-n2c(=O)/c(=C/c3ccc(N4CCCCC4)c([N+](=O)[O-])c3)s/c2=C(/C#N)c2nnc3n2CCCCC3)c1. The second-order valence-electron chi connectivity index (χ2n) is 10.8. The molecule has 0 atom stereocenters. The van der Waals surface area contributed by atoms with Crippen molar-refractivity contribution >= 4 is 34.4 Å². The van der Waals surface area contributed by atoms with Crippen LogP contribution in [0.4, 0.5) is 11.4 Å². The van der Waals surface area contributed by atoms with Crippen LogP contribution in [-0.4, -0.2) is 37.3 Å². The summed E-state index contributed by atoms with van der Waals surface area (Å²) >= 11 is 1.19. The number of aryl methyl sites for hydroxylation is 2. The van der Waals surface area contributed by atoms with Crippen molar-refractivity contribution in [2.24, 2.45) is 0 Å². The van der Waals surface area contributed by atoms with E-state index in [4.69, 9.17) is 0 Å². The maximum absolute atomic E-state index is 14.0. The van der Waals surface area contributed by atoms with Gasteiger partial charge in [-0.3, -0.25) is 19.5 Å². The fourth-order valence-electron chi connectivity index (χ4n) is 5.84. The molecule has 0 bridgehead atoms. The molecule has 214 valence electrons. The lowest BCUT2D eigenvalue weighted by atomic mass is 10.1. The number of hydrogen-bond acceptors (Lipinski definition) is 8. The number of thiazole rings is 1. The van der Waals surface area contributed by atoms with Crippen LogP contribution in [0.5, 0.6) is 0 Å². The average Bonchev–Trinajstić information content (AvgIpc) is 3.43. The molecule has 10 nitrogen and oxygen atoms in total. The zero-order valence-electron chi connectivity index (χ0n) is 23.5. The Morgan fingerprint density at radius 1 is 1.05 bits per heavy atom. The molecule has 2 aliphatic heterocycles. The smallest absolute Gasteiger partial charge is 0.293 e. The fraction of sp³-hybridized carbons (Fsp3) is 0.355. The van der Waals surface area contributed by atoms with Crippen LogP contribution < -0.4 is 19.7 Å². The van der Waals surface area contributed by atoms with Gasteiger partial charge < -0.3 is 9.47 Å². The molecule has 0 amide bonds. The van der Waals surface area contributed by atoms with Crippen LogP contribution in [0.25, 0.3) is 17.3 Å². The lowest BCUT2D eigenvalue weighted by Gasteiger charge is -2.28. The first-order valence-electron chi connectivity index (χ1n) is 14.4. The Bertz CT molecular complexity index is 1890. The molecule has 0 saturated carbocycles. The first kappa shape index (κ1) is 27.6. The van der Waals surface area contributed by atoms with E-state index >= 15 is 0 Å². The fourth-order valence-corrected chi connectivity index (χ4v) is 6.95. The molecule has 1 saturated heterocycles. The third-order valence-corrected chi connectivity index (χ3v) is 9.03. The van der Waals surface area contributed by atoms with Gasteiger partial charge in [0.05, 0.1) is 15.1 Å². The Labute approximate surface area is 246 Å². The molecule has 2 aliphatic rings. The predicted molar refractivity (Wildman–Crippen MR) is 162 cm³/mol. The second kappa shape index (κ2) is 11.7. The number of fused-ring (bicyclic) bond motifs is 1. The minimum atomic E-state index is -0.356. The summed E-state index contributed by atoms with van der Waals surface area (Å²) in [5.41, 5.74) is 2.78. The average molecular weight is 582 g/mol. The third-order valence-electron chi connectivity index (χ3n) is 7.93. The molecular weight excluding hydrogens is 550 g/mol. The van der Waals surface area contributed by atoms with Crippen molar-refractivity contribution < 1.29 is 4.92 Å². The van der Waals surface area contributed by atoms with Gasteiger partial charge in [0.15, 0.2) is 5.82 Å². The first-order chi connectivity index (χ1) is 20.4. The van der Waals surface area contributed by atoms with E-state index in [2.05, 4.69) is 21.2 Å². The van der Waals surface area contributed by atoms with Crippen LogP contribution in [-0.2, 0) is 13.0 Å². The Morgan fingerprint density at radius 3 is 2.60 bits per heavy atom. The van der Waals surface area contributed by atoms with Gasteiger partial charge in [0.2, 0.25) is 0 Å². The highest BCUT2D eigenvalue weighted by Gasteiger charge is 2.23. The maximum atomic E-state index is 14.0. The molecule has 2 aromatic heterocycles. The number of nitriles is 1. The monoisotopic (exact) mass is 581 g/mol. The Morgan fingerprint density at radius 2 is 1.83 bits per heavy atom. The van der Waals surface area contributed by atoms with Crippen molar-refractivity contribution in [1.82, 2.24) is 19.3 Å². The van der Waals surface area contributed by atoms with E-state index in [0.717, 1.165) is 76.0 Å². The second-order valence-corrected chi connectivity index (χ2v) is 11.9. The molecule has 42 heavy (non-hydrogen) atoms. The van der Waals surface area contributed by atoms with E-state index in [1.54, 1.807) is 16.7 Å². The van der Waals surface area contributed by atoms with Crippen molar-refractivity contribution in [3.8, 4) is 11.8 Å². The molecule has 0 spiro atoms. The lowest BCUT2D eigenvalue weighted by Crippen LogP contribution is -2.31. The number of aromatic nitrogens is 4. The van der Waals surface area contributed by atoms with Gasteiger partial charge in [-0.05, 0) is 74.4 Å². The van der Waals surface area contributed by atoms with Crippen LogP contribution >= 0.6 is 11.3 Å². The molecule has 0 radical (unpaired) electrons. The molecule has 2 aromatic carbocycles. The number of anilines is 1. The number of benzene rings is 2. The van der Waals surface area contributed by atoms with Crippen LogP contribution in [0.15, 0.2) is 47.3 Å². The van der Waals surface area contributed by atoms with Crippen LogP contribution in [0.3, 0.4) is 0 Å². The van der Waals surface area contributed by atoms with Gasteiger partial charge in [-0.1, -0.05) is 24.6 Å². The maximum Gasteiger partial charge on any atom is 0.293 e. The summed E-state index contributed by atoms with van der Waals surface area (Å²) in [5, 5.41) is 31.3. The summed E-state index contributed by atoms with van der Waals surface area (Å²) in [7, 11) is 0. The van der Waals surface area contributed by atoms with Crippen LogP contribution in [0, 0.1) is 28.4 Å². The number of nitrogens with zero attached hydrogens (tertiary/aromatic N) is 7. The number of hydrogen-bond donors (Lipinski definition) is 0. The Kier molecular flexibility index (Phi) is 7.71. The highest BCUT2D eigenvalue weighted by atomic mass is 32.1. The van der Waals surface area contributed by atoms with Gasteiger partial charge in [0.1, 0.15) is 27.8 Å². The zero-order chi connectivity index (χ0) is 29.2.